The summed E-state index contributed by atoms with van der Waals surface area (Å²) in [5.41, 5.74) is 2.37. The van der Waals surface area contributed by atoms with E-state index < -0.39 is 6.04 Å². The lowest BCUT2D eigenvalue weighted by Crippen LogP contribution is -2.43. The summed E-state index contributed by atoms with van der Waals surface area (Å²) >= 11 is 1.21. The second kappa shape index (κ2) is 8.08. The number of carbonyl (C=O) groups is 2. The second-order valence-electron chi connectivity index (χ2n) is 6.93. The number of benzene rings is 2. The molecular formula is C21H19FN4O2S. The van der Waals surface area contributed by atoms with Gasteiger partial charge in [-0.2, -0.15) is 0 Å². The predicted octanol–water partition coefficient (Wildman–Crippen LogP) is 3.90. The first kappa shape index (κ1) is 19.2. The van der Waals surface area contributed by atoms with E-state index in [1.54, 1.807) is 29.2 Å². The summed E-state index contributed by atoms with van der Waals surface area (Å²) in [7, 11) is 0. The highest BCUT2D eigenvalue weighted by molar-refractivity contribution is 7.18. The molecular weight excluding hydrogens is 391 g/mol. The number of nitrogens with zero attached hydrogens (tertiary/aromatic N) is 3. The fourth-order valence-corrected chi connectivity index (χ4v) is 4.07. The Morgan fingerprint density at radius 3 is 2.55 bits per heavy atom. The van der Waals surface area contributed by atoms with Gasteiger partial charge in [0, 0.05) is 17.7 Å². The zero-order valence-electron chi connectivity index (χ0n) is 15.8. The number of rotatable bonds is 4. The summed E-state index contributed by atoms with van der Waals surface area (Å²) in [6, 6.07) is 12.7. The van der Waals surface area contributed by atoms with Crippen molar-refractivity contribution in [3.8, 4) is 10.6 Å². The maximum absolute atomic E-state index is 13.1. The molecule has 4 rings (SSSR count). The first-order valence-electron chi connectivity index (χ1n) is 9.29. The minimum atomic E-state index is -0.540. The lowest BCUT2D eigenvalue weighted by molar-refractivity contribution is -0.119. The van der Waals surface area contributed by atoms with Crippen LogP contribution in [0, 0.1) is 12.7 Å². The van der Waals surface area contributed by atoms with Crippen LogP contribution >= 0.6 is 11.3 Å². The van der Waals surface area contributed by atoms with Crippen molar-refractivity contribution in [2.24, 2.45) is 0 Å². The van der Waals surface area contributed by atoms with E-state index in [0.717, 1.165) is 17.5 Å². The third-order valence-electron chi connectivity index (χ3n) is 4.86. The van der Waals surface area contributed by atoms with E-state index in [2.05, 4.69) is 15.5 Å². The van der Waals surface area contributed by atoms with Gasteiger partial charge < -0.3 is 4.90 Å². The fourth-order valence-electron chi connectivity index (χ4n) is 3.32. The first-order chi connectivity index (χ1) is 14.0. The van der Waals surface area contributed by atoms with Crippen LogP contribution in [0.1, 0.15) is 28.8 Å². The van der Waals surface area contributed by atoms with Crippen LogP contribution in [0.2, 0.25) is 0 Å². The van der Waals surface area contributed by atoms with E-state index in [-0.39, 0.29) is 17.6 Å². The molecule has 8 heteroatoms. The summed E-state index contributed by atoms with van der Waals surface area (Å²) in [6.45, 7) is 2.50. The average molecular weight is 410 g/mol. The van der Waals surface area contributed by atoms with Crippen molar-refractivity contribution in [3.63, 3.8) is 0 Å². The van der Waals surface area contributed by atoms with Crippen LogP contribution in [-0.2, 0) is 4.79 Å². The Hall–Kier alpha value is -3.13. The molecule has 1 atom stereocenters. The summed E-state index contributed by atoms with van der Waals surface area (Å²) in [4.78, 5) is 27.2. The fraction of sp³-hybridized carbons (Fsp3) is 0.238. The molecule has 1 N–H and O–H groups in total. The molecule has 3 aromatic rings. The number of halogens is 1. The molecule has 0 aliphatic carbocycles. The SMILES string of the molecule is Cc1ccc(C(=O)N2CCCC2C(=O)Nc2nnc(-c3ccc(F)cc3)s2)cc1. The largest absolute Gasteiger partial charge is 0.327 e. The summed E-state index contributed by atoms with van der Waals surface area (Å²) in [5, 5.41) is 11.8. The Kier molecular flexibility index (Phi) is 5.35. The molecule has 2 amide bonds. The minimum absolute atomic E-state index is 0.146. The van der Waals surface area contributed by atoms with Gasteiger partial charge in [0.15, 0.2) is 0 Å². The Morgan fingerprint density at radius 1 is 1.10 bits per heavy atom. The number of hydrogen-bond acceptors (Lipinski definition) is 5. The van der Waals surface area contributed by atoms with Crippen LogP contribution < -0.4 is 5.32 Å². The molecule has 1 unspecified atom stereocenters. The van der Waals surface area contributed by atoms with E-state index in [9.17, 15) is 14.0 Å². The lowest BCUT2D eigenvalue weighted by Gasteiger charge is -2.23. The molecule has 1 aliphatic rings. The van der Waals surface area contributed by atoms with Gasteiger partial charge in [-0.3, -0.25) is 14.9 Å². The van der Waals surface area contributed by atoms with Crippen LogP contribution in [0.4, 0.5) is 9.52 Å². The maximum Gasteiger partial charge on any atom is 0.254 e. The maximum atomic E-state index is 13.1. The molecule has 1 aliphatic heterocycles. The topological polar surface area (TPSA) is 75.2 Å². The molecule has 6 nitrogen and oxygen atoms in total. The molecule has 1 aromatic heterocycles. The van der Waals surface area contributed by atoms with Gasteiger partial charge in [-0.1, -0.05) is 29.0 Å². The van der Waals surface area contributed by atoms with Gasteiger partial charge in [-0.15, -0.1) is 10.2 Å². The molecule has 2 aromatic carbocycles. The van der Waals surface area contributed by atoms with Gasteiger partial charge >= 0.3 is 0 Å². The predicted molar refractivity (Wildman–Crippen MR) is 109 cm³/mol. The number of aromatic nitrogens is 2. The normalized spacial score (nSPS) is 16.1. The molecule has 0 spiro atoms. The molecule has 29 heavy (non-hydrogen) atoms. The zero-order chi connectivity index (χ0) is 20.4. The van der Waals surface area contributed by atoms with Gasteiger partial charge in [0.05, 0.1) is 0 Å². The van der Waals surface area contributed by atoms with Gasteiger partial charge in [0.2, 0.25) is 11.0 Å². The van der Waals surface area contributed by atoms with Gasteiger partial charge in [0.25, 0.3) is 5.91 Å². The highest BCUT2D eigenvalue weighted by Gasteiger charge is 2.35. The van der Waals surface area contributed by atoms with Crippen molar-refractivity contribution >= 4 is 28.3 Å². The first-order valence-corrected chi connectivity index (χ1v) is 10.1. The zero-order valence-corrected chi connectivity index (χ0v) is 16.6. The van der Waals surface area contributed by atoms with Crippen LogP contribution in [0.25, 0.3) is 10.6 Å². The molecule has 1 saturated heterocycles. The third-order valence-corrected chi connectivity index (χ3v) is 5.75. The number of anilines is 1. The number of likely N-dealkylation sites (tertiary alicyclic amines) is 1. The molecule has 0 saturated carbocycles. The van der Waals surface area contributed by atoms with Crippen LogP contribution in [0.3, 0.4) is 0 Å². The van der Waals surface area contributed by atoms with Crippen molar-refractivity contribution in [2.45, 2.75) is 25.8 Å². The average Bonchev–Trinajstić information content (AvgIpc) is 3.38. The van der Waals surface area contributed by atoms with Gasteiger partial charge in [-0.05, 0) is 56.2 Å². The number of carbonyl (C=O) groups excluding carboxylic acids is 2. The third kappa shape index (κ3) is 4.17. The Labute approximate surface area is 171 Å². The van der Waals surface area contributed by atoms with Crippen molar-refractivity contribution in [2.75, 3.05) is 11.9 Å². The van der Waals surface area contributed by atoms with E-state index in [1.165, 1.54) is 23.5 Å². The van der Waals surface area contributed by atoms with E-state index in [1.807, 2.05) is 19.1 Å². The smallest absolute Gasteiger partial charge is 0.254 e. The summed E-state index contributed by atoms with van der Waals surface area (Å²) in [5.74, 6) is -0.747. The quantitative estimate of drug-likeness (QED) is 0.708. The highest BCUT2D eigenvalue weighted by Crippen LogP contribution is 2.28. The van der Waals surface area contributed by atoms with Crippen LogP contribution in [0.5, 0.6) is 0 Å². The molecule has 148 valence electrons. The van der Waals surface area contributed by atoms with Crippen molar-refractivity contribution < 1.29 is 14.0 Å². The van der Waals surface area contributed by atoms with Crippen molar-refractivity contribution in [1.29, 1.82) is 0 Å². The molecule has 2 heterocycles. The Bertz CT molecular complexity index is 1030. The minimum Gasteiger partial charge on any atom is -0.327 e. The van der Waals surface area contributed by atoms with Crippen molar-refractivity contribution in [3.05, 3.63) is 65.5 Å². The van der Waals surface area contributed by atoms with Crippen molar-refractivity contribution in [1.82, 2.24) is 15.1 Å². The van der Waals surface area contributed by atoms with E-state index >= 15 is 0 Å². The Morgan fingerprint density at radius 2 is 1.83 bits per heavy atom. The molecule has 0 bridgehead atoms. The van der Waals surface area contributed by atoms with E-state index in [0.29, 0.717) is 28.7 Å². The molecule has 1 fully saturated rings. The second-order valence-corrected chi connectivity index (χ2v) is 7.91. The van der Waals surface area contributed by atoms with Crippen LogP contribution in [0.15, 0.2) is 48.5 Å². The number of aryl methyl sites for hydroxylation is 1. The van der Waals surface area contributed by atoms with Gasteiger partial charge in [0.1, 0.15) is 16.9 Å². The number of hydrogen-bond donors (Lipinski definition) is 1. The molecule has 0 radical (unpaired) electrons. The number of nitrogens with one attached hydrogen (secondary N) is 1. The van der Waals surface area contributed by atoms with Gasteiger partial charge in [-0.25, -0.2) is 4.39 Å². The Balaban J connectivity index is 1.45. The van der Waals surface area contributed by atoms with E-state index in [4.69, 9.17) is 0 Å². The summed E-state index contributed by atoms with van der Waals surface area (Å²) in [6.07, 6.45) is 1.37. The standard InChI is InChI=1S/C21H19FN4O2S/c1-13-4-6-15(7-5-13)20(28)26-12-2-3-17(26)18(27)23-21-25-24-19(29-21)14-8-10-16(22)11-9-14/h4-11,17H,2-3,12H2,1H3,(H,23,25,27). The summed E-state index contributed by atoms with van der Waals surface area (Å²) < 4.78 is 13.1. The lowest BCUT2D eigenvalue weighted by atomic mass is 10.1. The van der Waals surface area contributed by atoms with Crippen LogP contribution in [-0.4, -0.2) is 39.5 Å². The highest BCUT2D eigenvalue weighted by atomic mass is 32.1. The monoisotopic (exact) mass is 410 g/mol. The number of amides is 2.